The smallest absolute Gasteiger partial charge is 0.304 e. The Morgan fingerprint density at radius 1 is 0.925 bits per heavy atom. The Hall–Kier alpha value is -3.28. The highest BCUT2D eigenvalue weighted by Gasteiger charge is 2.35. The van der Waals surface area contributed by atoms with Crippen LogP contribution in [-0.2, 0) is 32.8 Å². The minimum atomic E-state index is -4.27. The first-order chi connectivity index (χ1) is 19.0. The van der Waals surface area contributed by atoms with Crippen LogP contribution in [0, 0.1) is 5.82 Å². The molecule has 0 aromatic heterocycles. The molecule has 3 aromatic carbocycles. The summed E-state index contributed by atoms with van der Waals surface area (Å²) in [5, 5.41) is 2.89. The molecular weight excluding hydrogens is 599 g/mol. The van der Waals surface area contributed by atoms with E-state index in [1.165, 1.54) is 37.2 Å². The van der Waals surface area contributed by atoms with Crippen LogP contribution in [0.25, 0.3) is 0 Å². The molecule has 1 N–H and O–H groups in total. The topological polar surface area (TPSA) is 90.0 Å². The number of benzene rings is 3. The average Bonchev–Trinajstić information content (AvgIpc) is 2.94. The lowest BCUT2D eigenvalue weighted by atomic mass is 10.0. The maximum absolute atomic E-state index is 14.9. The molecule has 1 unspecified atom stereocenters. The number of carbonyl (C=O) groups is 2. The first-order valence-corrected chi connectivity index (χ1v) is 15.0. The molecule has 0 saturated carbocycles. The van der Waals surface area contributed by atoms with E-state index in [9.17, 15) is 22.4 Å². The second-order valence-corrected chi connectivity index (χ2v) is 12.4. The number of amides is 2. The van der Waals surface area contributed by atoms with Crippen molar-refractivity contribution in [2.75, 3.05) is 31.5 Å². The van der Waals surface area contributed by atoms with Crippen molar-refractivity contribution in [1.29, 1.82) is 0 Å². The molecule has 0 saturated heterocycles. The zero-order valence-corrected chi connectivity index (χ0v) is 25.2. The Labute approximate surface area is 244 Å². The lowest BCUT2D eigenvalue weighted by Crippen LogP contribution is -2.54. The van der Waals surface area contributed by atoms with Crippen LogP contribution in [0.1, 0.15) is 24.5 Å². The minimum absolute atomic E-state index is 0.0380. The molecule has 0 spiro atoms. The van der Waals surface area contributed by atoms with Crippen LogP contribution in [0.15, 0.2) is 83.3 Å². The van der Waals surface area contributed by atoms with Crippen LogP contribution < -0.4 is 9.62 Å². The third-order valence-corrected chi connectivity index (χ3v) is 8.56. The number of hydrogen-bond donors (Lipinski definition) is 1. The number of carbonyl (C=O) groups excluding carboxylic acids is 2. The molecule has 0 aliphatic heterocycles. The highest BCUT2D eigenvalue weighted by Crippen LogP contribution is 2.24. The van der Waals surface area contributed by atoms with Gasteiger partial charge in [0, 0.05) is 38.1 Å². The van der Waals surface area contributed by atoms with Crippen molar-refractivity contribution < 1.29 is 22.4 Å². The van der Waals surface area contributed by atoms with Crippen molar-refractivity contribution in [1.82, 2.24) is 14.5 Å². The van der Waals surface area contributed by atoms with E-state index in [2.05, 4.69) is 21.2 Å². The Bertz CT molecular complexity index is 1390. The maximum atomic E-state index is 14.9. The minimum Gasteiger partial charge on any atom is -0.354 e. The highest BCUT2D eigenvalue weighted by molar-refractivity contribution is 9.10. The number of halogens is 2. The molecule has 0 fully saturated rings. The van der Waals surface area contributed by atoms with Gasteiger partial charge in [0.05, 0.1) is 5.69 Å². The normalized spacial score (nSPS) is 12.2. The average molecular weight is 634 g/mol. The summed E-state index contributed by atoms with van der Waals surface area (Å²) in [6, 6.07) is 21.0. The zero-order valence-electron chi connectivity index (χ0n) is 22.8. The second-order valence-electron chi connectivity index (χ2n) is 9.39. The monoisotopic (exact) mass is 632 g/mol. The van der Waals surface area contributed by atoms with Gasteiger partial charge < -0.3 is 10.2 Å². The fraction of sp³-hybridized carbons (Fsp3) is 0.310. The molecule has 3 rings (SSSR count). The SMILES string of the molecule is CCCNC(=O)C(Cc1ccccc1)N(Cc1ccc(Br)cc1)C(=O)CN(c1ccccc1F)S(=O)(=O)N(C)C. The number of nitrogens with zero attached hydrogens (tertiary/aromatic N) is 3. The van der Waals surface area contributed by atoms with Gasteiger partial charge in [-0.25, -0.2) is 8.70 Å². The summed E-state index contributed by atoms with van der Waals surface area (Å²) in [7, 11) is -1.65. The molecule has 11 heteroatoms. The van der Waals surface area contributed by atoms with Gasteiger partial charge in [0.25, 0.3) is 0 Å². The largest absolute Gasteiger partial charge is 0.354 e. The maximum Gasteiger partial charge on any atom is 0.304 e. The molecule has 0 bridgehead atoms. The van der Waals surface area contributed by atoms with Crippen molar-refractivity contribution >= 4 is 43.6 Å². The molecule has 0 heterocycles. The highest BCUT2D eigenvalue weighted by atomic mass is 79.9. The fourth-order valence-corrected chi connectivity index (χ4v) is 5.39. The predicted molar refractivity (Wildman–Crippen MR) is 158 cm³/mol. The molecule has 40 heavy (non-hydrogen) atoms. The number of hydrogen-bond acceptors (Lipinski definition) is 4. The van der Waals surface area contributed by atoms with E-state index in [1.807, 2.05) is 61.5 Å². The third kappa shape index (κ3) is 8.12. The van der Waals surface area contributed by atoms with Crippen LogP contribution >= 0.6 is 15.9 Å². The van der Waals surface area contributed by atoms with E-state index in [0.29, 0.717) is 13.0 Å². The van der Waals surface area contributed by atoms with Crippen LogP contribution in [0.4, 0.5) is 10.1 Å². The standard InChI is InChI=1S/C29H34BrFN4O4S/c1-4-18-32-29(37)27(19-22-10-6-5-7-11-22)34(20-23-14-16-24(30)17-15-23)28(36)21-35(40(38,39)33(2)3)26-13-9-8-12-25(26)31/h5-17,27H,4,18-21H2,1-3H3,(H,32,37). The van der Waals surface area contributed by atoms with Gasteiger partial charge in [-0.1, -0.05) is 77.5 Å². The van der Waals surface area contributed by atoms with Gasteiger partial charge in [0.15, 0.2) is 0 Å². The van der Waals surface area contributed by atoms with Gasteiger partial charge >= 0.3 is 10.2 Å². The van der Waals surface area contributed by atoms with E-state index < -0.39 is 34.5 Å². The van der Waals surface area contributed by atoms with Gasteiger partial charge in [0.2, 0.25) is 11.8 Å². The molecule has 2 amide bonds. The molecule has 0 radical (unpaired) electrons. The predicted octanol–water partition coefficient (Wildman–Crippen LogP) is 4.37. The summed E-state index contributed by atoms with van der Waals surface area (Å²) in [5.41, 5.74) is 1.31. The first-order valence-electron chi connectivity index (χ1n) is 12.8. The van der Waals surface area contributed by atoms with Gasteiger partial charge in [-0.15, -0.1) is 0 Å². The van der Waals surface area contributed by atoms with Gasteiger partial charge in [-0.05, 0) is 41.8 Å². The molecule has 0 aliphatic rings. The fourth-order valence-electron chi connectivity index (χ4n) is 4.06. The van der Waals surface area contributed by atoms with Crippen LogP contribution in [0.2, 0.25) is 0 Å². The van der Waals surface area contributed by atoms with E-state index in [0.717, 1.165) is 30.3 Å². The summed E-state index contributed by atoms with van der Waals surface area (Å²) >= 11 is 3.41. The van der Waals surface area contributed by atoms with Crippen molar-refractivity contribution in [3.8, 4) is 0 Å². The van der Waals surface area contributed by atoms with Crippen LogP contribution in [0.5, 0.6) is 0 Å². The van der Waals surface area contributed by atoms with Crippen molar-refractivity contribution in [2.24, 2.45) is 0 Å². The Morgan fingerprint density at radius 2 is 1.55 bits per heavy atom. The lowest BCUT2D eigenvalue weighted by molar-refractivity contribution is -0.140. The van der Waals surface area contributed by atoms with E-state index in [-0.39, 0.29) is 24.6 Å². The number of rotatable bonds is 13. The summed E-state index contributed by atoms with van der Waals surface area (Å²) in [6.45, 7) is 1.68. The first kappa shape index (κ1) is 31.3. The van der Waals surface area contributed by atoms with Gasteiger partial charge in [-0.3, -0.25) is 9.59 Å². The van der Waals surface area contributed by atoms with Crippen LogP contribution in [-0.4, -0.2) is 62.7 Å². The van der Waals surface area contributed by atoms with Gasteiger partial charge in [0.1, 0.15) is 18.4 Å². The van der Waals surface area contributed by atoms with Crippen molar-refractivity contribution in [3.05, 3.63) is 100 Å². The molecule has 0 aliphatic carbocycles. The van der Waals surface area contributed by atoms with E-state index >= 15 is 0 Å². The second kappa shape index (κ2) is 14.4. The van der Waals surface area contributed by atoms with Crippen LogP contribution in [0.3, 0.4) is 0 Å². The molecule has 214 valence electrons. The van der Waals surface area contributed by atoms with Crippen molar-refractivity contribution in [3.63, 3.8) is 0 Å². The Balaban J connectivity index is 2.08. The molecule has 8 nitrogen and oxygen atoms in total. The molecule has 3 aromatic rings. The quantitative estimate of drug-likeness (QED) is 0.303. The summed E-state index contributed by atoms with van der Waals surface area (Å²) in [4.78, 5) is 29.0. The molecule has 1 atom stereocenters. The number of anilines is 1. The number of para-hydroxylation sites is 1. The summed E-state index contributed by atoms with van der Waals surface area (Å²) in [5.74, 6) is -1.80. The number of nitrogens with one attached hydrogen (secondary N) is 1. The van der Waals surface area contributed by atoms with E-state index in [1.54, 1.807) is 0 Å². The Morgan fingerprint density at radius 3 is 2.15 bits per heavy atom. The molecular formula is C29H34BrFN4O4S. The van der Waals surface area contributed by atoms with Crippen molar-refractivity contribution in [2.45, 2.75) is 32.4 Å². The summed E-state index contributed by atoms with van der Waals surface area (Å²) in [6.07, 6.45) is 0.908. The zero-order chi connectivity index (χ0) is 29.3. The Kier molecular flexibility index (Phi) is 11.2. The van der Waals surface area contributed by atoms with E-state index in [4.69, 9.17) is 0 Å². The van der Waals surface area contributed by atoms with Gasteiger partial charge in [-0.2, -0.15) is 12.7 Å². The lowest BCUT2D eigenvalue weighted by Gasteiger charge is -2.34. The third-order valence-electron chi connectivity index (χ3n) is 6.23. The summed E-state index contributed by atoms with van der Waals surface area (Å²) < 4.78 is 44.0.